The predicted octanol–water partition coefficient (Wildman–Crippen LogP) is 2.56. The number of aliphatic hydroxyl groups is 1. The lowest BCUT2D eigenvalue weighted by Gasteiger charge is -2.26. The Hall–Kier alpha value is -1.74. The first-order chi connectivity index (χ1) is 12.0. The molecular weight excluding hydrogens is 318 g/mol. The van der Waals surface area contributed by atoms with E-state index in [9.17, 15) is 5.11 Å². The molecule has 1 unspecified atom stereocenters. The van der Waals surface area contributed by atoms with Gasteiger partial charge in [-0.15, -0.1) is 6.42 Å². The fourth-order valence-electron chi connectivity index (χ4n) is 2.60. The third-order valence-electron chi connectivity index (χ3n) is 3.87. The molecule has 0 aromatic heterocycles. The molecule has 0 amide bonds. The van der Waals surface area contributed by atoms with E-state index < -0.39 is 6.10 Å². The minimum atomic E-state index is -0.586. The van der Waals surface area contributed by atoms with Crippen LogP contribution < -0.4 is 9.47 Å². The maximum atomic E-state index is 10.2. The zero-order chi connectivity index (χ0) is 18.7. The second-order valence-electron chi connectivity index (χ2n) is 6.44. The van der Waals surface area contributed by atoms with Crippen molar-refractivity contribution < 1.29 is 19.3 Å². The summed E-state index contributed by atoms with van der Waals surface area (Å²) >= 11 is 0. The van der Waals surface area contributed by atoms with E-state index in [0.717, 1.165) is 24.3 Å². The summed E-state index contributed by atoms with van der Waals surface area (Å²) < 4.78 is 16.1. The van der Waals surface area contributed by atoms with Crippen LogP contribution in [0.4, 0.5) is 0 Å². The minimum Gasteiger partial charge on any atom is -0.493 e. The average Bonchev–Trinajstić information content (AvgIpc) is 2.59. The zero-order valence-corrected chi connectivity index (χ0v) is 15.8. The van der Waals surface area contributed by atoms with Gasteiger partial charge in [-0.2, -0.15) is 0 Å². The minimum absolute atomic E-state index is 0.215. The van der Waals surface area contributed by atoms with Crippen LogP contribution in [0.25, 0.3) is 0 Å². The van der Waals surface area contributed by atoms with Gasteiger partial charge in [-0.3, -0.25) is 4.90 Å². The van der Waals surface area contributed by atoms with Crippen molar-refractivity contribution >= 4 is 0 Å². The molecule has 0 aliphatic rings. The van der Waals surface area contributed by atoms with E-state index in [-0.39, 0.29) is 13.2 Å². The molecule has 1 N–H and O–H groups in total. The average molecular weight is 349 g/mol. The predicted molar refractivity (Wildman–Crippen MR) is 99.9 cm³/mol. The van der Waals surface area contributed by atoms with Crippen LogP contribution in [0, 0.1) is 18.3 Å². The van der Waals surface area contributed by atoms with E-state index in [1.807, 2.05) is 18.2 Å². The highest BCUT2D eigenvalue weighted by molar-refractivity contribution is 5.46. The van der Waals surface area contributed by atoms with Gasteiger partial charge in [-0.05, 0) is 24.9 Å². The topological polar surface area (TPSA) is 51.2 Å². The number of ether oxygens (including phenoxy) is 3. The summed E-state index contributed by atoms with van der Waals surface area (Å²) in [6, 6.07) is 5.85. The summed E-state index contributed by atoms with van der Waals surface area (Å²) in [5.74, 6) is 4.44. The SMILES string of the molecule is C#CCOCC(O)CN(CCC(C)C)Cc1cccc(OC)c1OC. The summed E-state index contributed by atoms with van der Waals surface area (Å²) in [7, 11) is 3.27. The Morgan fingerprint density at radius 2 is 2.00 bits per heavy atom. The van der Waals surface area contributed by atoms with Gasteiger partial charge in [0.15, 0.2) is 11.5 Å². The van der Waals surface area contributed by atoms with Crippen molar-refractivity contribution in [2.24, 2.45) is 5.92 Å². The molecule has 1 aromatic rings. The van der Waals surface area contributed by atoms with Crippen molar-refractivity contribution in [1.82, 2.24) is 4.90 Å². The van der Waals surface area contributed by atoms with Crippen LogP contribution in [0.2, 0.25) is 0 Å². The molecule has 1 aromatic carbocycles. The first kappa shape index (κ1) is 21.3. The molecule has 1 atom stereocenters. The van der Waals surface area contributed by atoms with Gasteiger partial charge >= 0.3 is 0 Å². The number of aliphatic hydroxyl groups excluding tert-OH is 1. The zero-order valence-electron chi connectivity index (χ0n) is 15.8. The van der Waals surface area contributed by atoms with Crippen LogP contribution in [0.3, 0.4) is 0 Å². The lowest BCUT2D eigenvalue weighted by molar-refractivity contribution is 0.0250. The Kier molecular flexibility index (Phi) is 10.0. The molecule has 0 aliphatic heterocycles. The summed E-state index contributed by atoms with van der Waals surface area (Å²) in [4.78, 5) is 2.21. The molecule has 5 heteroatoms. The van der Waals surface area contributed by atoms with E-state index in [1.165, 1.54) is 0 Å². The first-order valence-electron chi connectivity index (χ1n) is 8.63. The van der Waals surface area contributed by atoms with Crippen molar-refractivity contribution in [3.05, 3.63) is 23.8 Å². The van der Waals surface area contributed by atoms with Gasteiger partial charge in [0.05, 0.1) is 26.9 Å². The van der Waals surface area contributed by atoms with E-state index in [0.29, 0.717) is 24.8 Å². The molecule has 0 bridgehead atoms. The Morgan fingerprint density at radius 3 is 2.60 bits per heavy atom. The maximum Gasteiger partial charge on any atom is 0.165 e. The number of para-hydroxylation sites is 1. The maximum absolute atomic E-state index is 10.2. The fraction of sp³-hybridized carbons (Fsp3) is 0.600. The monoisotopic (exact) mass is 349 g/mol. The van der Waals surface area contributed by atoms with Crippen LogP contribution in [-0.2, 0) is 11.3 Å². The van der Waals surface area contributed by atoms with E-state index >= 15 is 0 Å². The van der Waals surface area contributed by atoms with E-state index in [2.05, 4.69) is 24.7 Å². The highest BCUT2D eigenvalue weighted by atomic mass is 16.5. The molecular formula is C20H31NO4. The smallest absolute Gasteiger partial charge is 0.165 e. The van der Waals surface area contributed by atoms with E-state index in [1.54, 1.807) is 14.2 Å². The van der Waals surface area contributed by atoms with Gasteiger partial charge in [0, 0.05) is 18.7 Å². The quantitative estimate of drug-likeness (QED) is 0.464. The highest BCUT2D eigenvalue weighted by Gasteiger charge is 2.17. The van der Waals surface area contributed by atoms with Crippen molar-refractivity contribution in [3.63, 3.8) is 0 Å². The second-order valence-corrected chi connectivity index (χ2v) is 6.44. The third kappa shape index (κ3) is 7.78. The van der Waals surface area contributed by atoms with Gasteiger partial charge < -0.3 is 19.3 Å². The van der Waals surface area contributed by atoms with Crippen LogP contribution >= 0.6 is 0 Å². The molecule has 0 saturated heterocycles. The van der Waals surface area contributed by atoms with Gasteiger partial charge in [0.1, 0.15) is 6.61 Å². The molecule has 0 aliphatic carbocycles. The Morgan fingerprint density at radius 1 is 1.24 bits per heavy atom. The Bertz CT molecular complexity index is 539. The van der Waals surface area contributed by atoms with Gasteiger partial charge in [-0.1, -0.05) is 31.9 Å². The molecule has 5 nitrogen and oxygen atoms in total. The lowest BCUT2D eigenvalue weighted by atomic mass is 10.1. The summed E-state index contributed by atoms with van der Waals surface area (Å²) in [6.45, 7) is 6.89. The molecule has 140 valence electrons. The standard InChI is InChI=1S/C20H31NO4/c1-6-12-25-15-18(22)14-21(11-10-16(2)3)13-17-8-7-9-19(23-4)20(17)24-5/h1,7-9,16,18,22H,10-15H2,2-5H3. The lowest BCUT2D eigenvalue weighted by Crippen LogP contribution is -2.35. The molecule has 0 fully saturated rings. The van der Waals surface area contributed by atoms with Gasteiger partial charge in [-0.25, -0.2) is 0 Å². The number of terminal acetylenes is 1. The van der Waals surface area contributed by atoms with Gasteiger partial charge in [0.2, 0.25) is 0 Å². The third-order valence-corrected chi connectivity index (χ3v) is 3.87. The van der Waals surface area contributed by atoms with Crippen molar-refractivity contribution in [2.45, 2.75) is 32.9 Å². The molecule has 25 heavy (non-hydrogen) atoms. The summed E-state index contributed by atoms with van der Waals surface area (Å²) in [5, 5.41) is 10.2. The molecule has 0 spiro atoms. The molecule has 0 radical (unpaired) electrons. The number of rotatable bonds is 12. The number of nitrogens with zero attached hydrogens (tertiary/aromatic N) is 1. The van der Waals surface area contributed by atoms with Gasteiger partial charge in [0.25, 0.3) is 0 Å². The second kappa shape index (κ2) is 11.8. The summed E-state index contributed by atoms with van der Waals surface area (Å²) in [6.07, 6.45) is 5.63. The van der Waals surface area contributed by atoms with Crippen LogP contribution in [0.5, 0.6) is 11.5 Å². The Balaban J connectivity index is 2.81. The van der Waals surface area contributed by atoms with Crippen LogP contribution in [0.15, 0.2) is 18.2 Å². The van der Waals surface area contributed by atoms with Crippen molar-refractivity contribution in [3.8, 4) is 23.8 Å². The normalized spacial score (nSPS) is 12.2. The largest absolute Gasteiger partial charge is 0.493 e. The first-order valence-corrected chi connectivity index (χ1v) is 8.63. The fourth-order valence-corrected chi connectivity index (χ4v) is 2.60. The molecule has 1 rings (SSSR count). The van der Waals surface area contributed by atoms with Crippen LogP contribution in [0.1, 0.15) is 25.8 Å². The number of hydrogen-bond acceptors (Lipinski definition) is 5. The summed E-state index contributed by atoms with van der Waals surface area (Å²) in [5.41, 5.74) is 1.03. The molecule has 0 saturated carbocycles. The van der Waals surface area contributed by atoms with E-state index in [4.69, 9.17) is 20.6 Å². The van der Waals surface area contributed by atoms with Crippen molar-refractivity contribution in [2.75, 3.05) is 40.5 Å². The highest BCUT2D eigenvalue weighted by Crippen LogP contribution is 2.31. The van der Waals surface area contributed by atoms with Crippen LogP contribution in [-0.4, -0.2) is 56.6 Å². The number of methoxy groups -OCH3 is 2. The molecule has 0 heterocycles. The Labute approximate surface area is 151 Å². The number of hydrogen-bond donors (Lipinski definition) is 1. The van der Waals surface area contributed by atoms with Crippen molar-refractivity contribution in [1.29, 1.82) is 0 Å². The number of benzene rings is 1.